The molecule has 2 aromatic rings. The van der Waals surface area contributed by atoms with E-state index < -0.39 is 6.61 Å². The van der Waals surface area contributed by atoms with Gasteiger partial charge in [-0.3, -0.25) is 9.89 Å². The SMILES string of the molecule is CN1[C@@H]2CC[C@H]1C[C@H](NC(=O)c1n[nH]c3cc(OC(F)F)ccc13)C2. The molecule has 3 atom stereocenters. The molecule has 0 saturated carbocycles. The van der Waals surface area contributed by atoms with E-state index in [1.165, 1.54) is 25.0 Å². The number of amides is 1. The van der Waals surface area contributed by atoms with Gasteiger partial charge in [-0.1, -0.05) is 0 Å². The molecule has 2 bridgehead atoms. The standard InChI is InChI=1S/C17H20F2N4O2/c1-23-10-2-3-11(23)7-9(6-10)20-16(24)15-13-5-4-12(25-17(18)19)8-14(13)21-22-15/h4-5,8-11,17H,2-3,6-7H2,1H3,(H,20,24)(H,21,22)/t9-,10-,11+. The van der Waals surface area contributed by atoms with Gasteiger partial charge in [0.1, 0.15) is 5.75 Å². The smallest absolute Gasteiger partial charge is 0.387 e. The number of hydrogen-bond donors (Lipinski definition) is 2. The second-order valence-electron chi connectivity index (χ2n) is 6.85. The number of carbonyl (C=O) groups excluding carboxylic acids is 1. The molecule has 2 fully saturated rings. The first-order valence-electron chi connectivity index (χ1n) is 8.47. The van der Waals surface area contributed by atoms with Gasteiger partial charge in [0.2, 0.25) is 0 Å². The first-order valence-corrected chi connectivity index (χ1v) is 8.47. The molecule has 0 spiro atoms. The third-order valence-corrected chi connectivity index (χ3v) is 5.41. The molecule has 0 radical (unpaired) electrons. The molecule has 1 aromatic heterocycles. The molecule has 1 aromatic carbocycles. The Morgan fingerprint density at radius 3 is 2.76 bits per heavy atom. The maximum atomic E-state index is 12.6. The Hall–Kier alpha value is -2.22. The van der Waals surface area contributed by atoms with E-state index in [-0.39, 0.29) is 23.4 Å². The number of piperidine rings is 1. The highest BCUT2D eigenvalue weighted by Crippen LogP contribution is 2.34. The van der Waals surface area contributed by atoms with E-state index in [9.17, 15) is 13.6 Å². The molecule has 2 aliphatic rings. The zero-order chi connectivity index (χ0) is 17.6. The Morgan fingerprint density at radius 2 is 2.08 bits per heavy atom. The molecule has 0 unspecified atom stereocenters. The normalized spacial score (nSPS) is 26.3. The Morgan fingerprint density at radius 1 is 1.36 bits per heavy atom. The lowest BCUT2D eigenvalue weighted by Crippen LogP contribution is -2.48. The number of carbonyl (C=O) groups is 1. The summed E-state index contributed by atoms with van der Waals surface area (Å²) in [6.07, 6.45) is 4.28. The summed E-state index contributed by atoms with van der Waals surface area (Å²) in [4.78, 5) is 15.0. The zero-order valence-corrected chi connectivity index (χ0v) is 13.8. The van der Waals surface area contributed by atoms with Crippen molar-refractivity contribution in [2.75, 3.05) is 7.05 Å². The fourth-order valence-corrected chi connectivity index (χ4v) is 4.13. The maximum Gasteiger partial charge on any atom is 0.387 e. The van der Waals surface area contributed by atoms with Gasteiger partial charge in [0.25, 0.3) is 5.91 Å². The van der Waals surface area contributed by atoms with Crippen LogP contribution in [0.1, 0.15) is 36.2 Å². The van der Waals surface area contributed by atoms with Gasteiger partial charge >= 0.3 is 6.61 Å². The number of aromatic nitrogens is 2. The number of H-pyrrole nitrogens is 1. The minimum absolute atomic E-state index is 0.0324. The van der Waals surface area contributed by atoms with Crippen LogP contribution in [0.25, 0.3) is 10.9 Å². The number of fused-ring (bicyclic) bond motifs is 3. The van der Waals surface area contributed by atoms with Gasteiger partial charge in [0.05, 0.1) is 5.52 Å². The first-order chi connectivity index (χ1) is 12.0. The van der Waals surface area contributed by atoms with Crippen molar-refractivity contribution in [3.63, 3.8) is 0 Å². The quantitative estimate of drug-likeness (QED) is 0.889. The second kappa shape index (κ2) is 6.25. The Bertz CT molecular complexity index is 780. The number of nitrogens with zero attached hydrogens (tertiary/aromatic N) is 2. The molecule has 0 aliphatic carbocycles. The molecule has 2 aliphatic heterocycles. The van der Waals surface area contributed by atoms with Gasteiger partial charge in [-0.2, -0.15) is 13.9 Å². The van der Waals surface area contributed by atoms with E-state index in [2.05, 4.69) is 32.2 Å². The van der Waals surface area contributed by atoms with Crippen molar-refractivity contribution in [2.24, 2.45) is 0 Å². The lowest BCUT2D eigenvalue weighted by molar-refractivity contribution is -0.0497. The molecular weight excluding hydrogens is 330 g/mol. The minimum Gasteiger partial charge on any atom is -0.435 e. The van der Waals surface area contributed by atoms with Crippen molar-refractivity contribution in [3.8, 4) is 5.75 Å². The van der Waals surface area contributed by atoms with Crippen LogP contribution in [0.5, 0.6) is 5.75 Å². The van der Waals surface area contributed by atoms with Crippen molar-refractivity contribution >= 4 is 16.8 Å². The number of rotatable bonds is 4. The summed E-state index contributed by atoms with van der Waals surface area (Å²) in [6, 6.07) is 5.62. The lowest BCUT2D eigenvalue weighted by atomic mass is 9.98. The number of aromatic amines is 1. The topological polar surface area (TPSA) is 70.2 Å². The van der Waals surface area contributed by atoms with Crippen molar-refractivity contribution < 1.29 is 18.3 Å². The van der Waals surface area contributed by atoms with Gasteiger partial charge in [-0.15, -0.1) is 0 Å². The van der Waals surface area contributed by atoms with Crippen molar-refractivity contribution in [3.05, 3.63) is 23.9 Å². The number of ether oxygens (including phenoxy) is 1. The number of halogens is 2. The van der Waals surface area contributed by atoms with Crippen LogP contribution in [0, 0.1) is 0 Å². The summed E-state index contributed by atoms with van der Waals surface area (Å²) in [7, 11) is 2.15. The van der Waals surface area contributed by atoms with Gasteiger partial charge in [0.15, 0.2) is 5.69 Å². The van der Waals surface area contributed by atoms with Gasteiger partial charge in [-0.25, -0.2) is 0 Å². The summed E-state index contributed by atoms with van der Waals surface area (Å²) >= 11 is 0. The highest BCUT2D eigenvalue weighted by molar-refractivity contribution is 6.05. The Kier molecular flexibility index (Phi) is 4.07. The van der Waals surface area contributed by atoms with Crippen LogP contribution in [0.15, 0.2) is 18.2 Å². The number of benzene rings is 1. The lowest BCUT2D eigenvalue weighted by Gasteiger charge is -2.36. The van der Waals surface area contributed by atoms with Crippen LogP contribution in [0.3, 0.4) is 0 Å². The fourth-order valence-electron chi connectivity index (χ4n) is 4.13. The van der Waals surface area contributed by atoms with E-state index in [0.29, 0.717) is 23.0 Å². The summed E-state index contributed by atoms with van der Waals surface area (Å²) < 4.78 is 29.0. The first kappa shape index (κ1) is 16.3. The van der Waals surface area contributed by atoms with Crippen LogP contribution in [-0.4, -0.2) is 52.8 Å². The Balaban J connectivity index is 1.49. The van der Waals surface area contributed by atoms with E-state index in [0.717, 1.165) is 12.8 Å². The predicted molar refractivity (Wildman–Crippen MR) is 87.8 cm³/mol. The number of nitrogens with one attached hydrogen (secondary N) is 2. The summed E-state index contributed by atoms with van der Waals surface area (Å²) in [5, 5.41) is 10.4. The van der Waals surface area contributed by atoms with Crippen molar-refractivity contribution in [1.82, 2.24) is 20.4 Å². The molecule has 6 nitrogen and oxygen atoms in total. The monoisotopic (exact) mass is 350 g/mol. The summed E-state index contributed by atoms with van der Waals surface area (Å²) in [6.45, 7) is -2.89. The largest absolute Gasteiger partial charge is 0.435 e. The molecule has 2 N–H and O–H groups in total. The van der Waals surface area contributed by atoms with E-state index in [1.54, 1.807) is 6.07 Å². The van der Waals surface area contributed by atoms with Crippen LogP contribution < -0.4 is 10.1 Å². The number of alkyl halides is 2. The third-order valence-electron chi connectivity index (χ3n) is 5.41. The van der Waals surface area contributed by atoms with Crippen LogP contribution in [0.2, 0.25) is 0 Å². The maximum absolute atomic E-state index is 12.6. The van der Waals surface area contributed by atoms with Crippen LogP contribution in [0.4, 0.5) is 8.78 Å². The van der Waals surface area contributed by atoms with Crippen LogP contribution in [-0.2, 0) is 0 Å². The van der Waals surface area contributed by atoms with E-state index >= 15 is 0 Å². The molecular formula is C17H20F2N4O2. The van der Waals surface area contributed by atoms with Crippen molar-refractivity contribution in [2.45, 2.75) is 50.4 Å². The van der Waals surface area contributed by atoms with Gasteiger partial charge in [0, 0.05) is 29.6 Å². The summed E-state index contributed by atoms with van der Waals surface area (Å²) in [5.74, 6) is -0.201. The molecule has 134 valence electrons. The highest BCUT2D eigenvalue weighted by Gasteiger charge is 2.39. The molecule has 8 heteroatoms. The van der Waals surface area contributed by atoms with E-state index in [1.807, 2.05) is 0 Å². The van der Waals surface area contributed by atoms with Gasteiger partial charge in [-0.05, 0) is 44.9 Å². The molecule has 4 rings (SSSR count). The predicted octanol–water partition coefficient (Wildman–Crippen LogP) is 2.52. The Labute approximate surface area is 143 Å². The van der Waals surface area contributed by atoms with Crippen LogP contribution >= 0.6 is 0 Å². The second-order valence-corrected chi connectivity index (χ2v) is 6.85. The average Bonchev–Trinajstić information content (AvgIpc) is 3.04. The molecule has 1 amide bonds. The van der Waals surface area contributed by atoms with Gasteiger partial charge < -0.3 is 15.0 Å². The summed E-state index contributed by atoms with van der Waals surface area (Å²) in [5.41, 5.74) is 0.775. The highest BCUT2D eigenvalue weighted by atomic mass is 19.3. The zero-order valence-electron chi connectivity index (χ0n) is 13.8. The third kappa shape index (κ3) is 3.06. The average molecular weight is 350 g/mol. The molecule has 25 heavy (non-hydrogen) atoms. The fraction of sp³-hybridized carbons (Fsp3) is 0.529. The molecule has 2 saturated heterocycles. The number of hydrogen-bond acceptors (Lipinski definition) is 4. The molecule has 3 heterocycles. The van der Waals surface area contributed by atoms with E-state index in [4.69, 9.17) is 0 Å². The minimum atomic E-state index is -2.89. The van der Waals surface area contributed by atoms with Crippen molar-refractivity contribution in [1.29, 1.82) is 0 Å².